The van der Waals surface area contributed by atoms with Crippen LogP contribution in [-0.2, 0) is 0 Å². The average Bonchev–Trinajstić information content (AvgIpc) is 3.08. The fourth-order valence-electron chi connectivity index (χ4n) is 6.74. The molecule has 3 rings (SSSR count). The number of allylic oxidation sites excluding steroid dienone is 3. The van der Waals surface area contributed by atoms with Crippen LogP contribution in [0, 0.1) is 17.3 Å². The van der Waals surface area contributed by atoms with Crippen molar-refractivity contribution in [2.24, 2.45) is 17.3 Å². The maximum atomic E-state index is 10.2. The van der Waals surface area contributed by atoms with E-state index in [1.807, 2.05) is 13.8 Å². The summed E-state index contributed by atoms with van der Waals surface area (Å²) in [6.07, 6.45) is 15.3. The Bertz CT molecular complexity index is 734. The summed E-state index contributed by atoms with van der Waals surface area (Å²) in [7, 11) is 0. The van der Waals surface area contributed by atoms with Crippen LogP contribution in [0.25, 0.3) is 0 Å². The summed E-state index contributed by atoms with van der Waals surface area (Å²) in [5.74, 6) is 2.66. The molecule has 0 radical (unpaired) electrons. The molecule has 4 heteroatoms. The van der Waals surface area contributed by atoms with Gasteiger partial charge in [0.25, 0.3) is 0 Å². The molecule has 3 aliphatic carbocycles. The lowest BCUT2D eigenvalue weighted by atomic mass is 9.63. The molecule has 0 aliphatic heterocycles. The first kappa shape index (κ1) is 27.0. The summed E-state index contributed by atoms with van der Waals surface area (Å²) in [6, 6.07) is 0. The second-order valence-electron chi connectivity index (χ2n) is 11.9. The SMILES string of the molecule is C=C1C(=CC=C2CCC[C@]3(C)[C@@H]([C@@H](C)SCCCCCC(C)(C)O)CC[C@@H]23)C[C@@H](O)C[C@@H]1O. The standard InChI is InChI=1S/C29H48O3S/c1-20-23(18-24(30)19-27(20)31)12-11-22-10-9-16-29(5)25(13-14-26(22)29)21(2)33-17-8-6-7-15-28(3,4)32/h11-12,21,24-27,30-32H,1,6-10,13-19H2,2-5H3/t21-,24-,25-,26+,27+,29-/m1/s1. The Kier molecular flexibility index (Phi) is 9.39. The second-order valence-corrected chi connectivity index (χ2v) is 13.3. The third kappa shape index (κ3) is 6.99. The second kappa shape index (κ2) is 11.5. The molecule has 188 valence electrons. The zero-order valence-corrected chi connectivity index (χ0v) is 22.3. The highest BCUT2D eigenvalue weighted by Gasteiger charge is 2.50. The van der Waals surface area contributed by atoms with E-state index < -0.39 is 17.8 Å². The van der Waals surface area contributed by atoms with E-state index in [-0.39, 0.29) is 0 Å². The van der Waals surface area contributed by atoms with Gasteiger partial charge >= 0.3 is 0 Å². The van der Waals surface area contributed by atoms with Crippen LogP contribution >= 0.6 is 11.8 Å². The van der Waals surface area contributed by atoms with Crippen molar-refractivity contribution in [2.75, 3.05) is 5.75 Å². The van der Waals surface area contributed by atoms with Gasteiger partial charge in [0.2, 0.25) is 0 Å². The van der Waals surface area contributed by atoms with Gasteiger partial charge in [-0.15, -0.1) is 0 Å². The lowest BCUT2D eigenvalue weighted by molar-refractivity contribution is 0.0682. The Labute approximate surface area is 206 Å². The van der Waals surface area contributed by atoms with Crippen molar-refractivity contribution in [1.29, 1.82) is 0 Å². The van der Waals surface area contributed by atoms with Gasteiger partial charge < -0.3 is 15.3 Å². The van der Waals surface area contributed by atoms with E-state index in [1.54, 1.807) is 5.57 Å². The van der Waals surface area contributed by atoms with Crippen molar-refractivity contribution in [3.05, 3.63) is 35.5 Å². The van der Waals surface area contributed by atoms with Crippen LogP contribution in [0.3, 0.4) is 0 Å². The summed E-state index contributed by atoms with van der Waals surface area (Å²) in [6.45, 7) is 12.9. The van der Waals surface area contributed by atoms with E-state index in [1.165, 1.54) is 50.7 Å². The molecular formula is C29H48O3S. The fraction of sp³-hybridized carbons (Fsp3) is 0.793. The van der Waals surface area contributed by atoms with Gasteiger partial charge in [0.15, 0.2) is 0 Å². The van der Waals surface area contributed by atoms with Crippen LogP contribution in [0.2, 0.25) is 0 Å². The fourth-order valence-corrected chi connectivity index (χ4v) is 8.16. The first-order chi connectivity index (χ1) is 15.5. The normalized spacial score (nSPS) is 36.4. The molecule has 0 aromatic heterocycles. The highest BCUT2D eigenvalue weighted by atomic mass is 32.2. The average molecular weight is 477 g/mol. The summed E-state index contributed by atoms with van der Waals surface area (Å²) in [5, 5.41) is 30.8. The molecule has 3 fully saturated rings. The number of fused-ring (bicyclic) bond motifs is 1. The van der Waals surface area contributed by atoms with Crippen LogP contribution < -0.4 is 0 Å². The van der Waals surface area contributed by atoms with E-state index >= 15 is 0 Å². The molecule has 3 saturated carbocycles. The lowest BCUT2D eigenvalue weighted by Crippen LogP contribution is -2.37. The van der Waals surface area contributed by atoms with Gasteiger partial charge in [-0.05, 0) is 99.4 Å². The number of aliphatic hydroxyl groups is 3. The monoisotopic (exact) mass is 476 g/mol. The summed E-state index contributed by atoms with van der Waals surface area (Å²) in [5.41, 5.74) is 3.24. The molecule has 3 nitrogen and oxygen atoms in total. The number of thioether (sulfide) groups is 1. The molecular weight excluding hydrogens is 428 g/mol. The van der Waals surface area contributed by atoms with Crippen molar-refractivity contribution in [3.8, 4) is 0 Å². The summed E-state index contributed by atoms with van der Waals surface area (Å²) in [4.78, 5) is 0. The number of aliphatic hydroxyl groups excluding tert-OH is 2. The Hall–Kier alpha value is -0.550. The molecule has 0 bridgehead atoms. The number of hydrogen-bond donors (Lipinski definition) is 3. The van der Waals surface area contributed by atoms with Crippen LogP contribution in [0.15, 0.2) is 35.5 Å². The number of hydrogen-bond acceptors (Lipinski definition) is 4. The van der Waals surface area contributed by atoms with Crippen LogP contribution in [0.5, 0.6) is 0 Å². The molecule has 6 atom stereocenters. The van der Waals surface area contributed by atoms with Gasteiger partial charge in [-0.3, -0.25) is 0 Å². The van der Waals surface area contributed by atoms with E-state index in [9.17, 15) is 15.3 Å². The van der Waals surface area contributed by atoms with Crippen molar-refractivity contribution in [3.63, 3.8) is 0 Å². The van der Waals surface area contributed by atoms with Gasteiger partial charge in [0.05, 0.1) is 17.8 Å². The lowest BCUT2D eigenvalue weighted by Gasteiger charge is -2.44. The third-order valence-electron chi connectivity index (χ3n) is 8.68. The molecule has 0 amide bonds. The Morgan fingerprint density at radius 1 is 1.18 bits per heavy atom. The van der Waals surface area contributed by atoms with E-state index in [0.717, 1.165) is 29.9 Å². The number of rotatable bonds is 9. The summed E-state index contributed by atoms with van der Waals surface area (Å²) >= 11 is 2.16. The smallest absolute Gasteiger partial charge is 0.0811 e. The first-order valence-electron chi connectivity index (χ1n) is 13.3. The Balaban J connectivity index is 1.57. The zero-order chi connectivity index (χ0) is 24.2. The Morgan fingerprint density at radius 2 is 1.94 bits per heavy atom. The van der Waals surface area contributed by atoms with Crippen LogP contribution in [0.4, 0.5) is 0 Å². The van der Waals surface area contributed by atoms with Crippen molar-refractivity contribution < 1.29 is 15.3 Å². The highest BCUT2D eigenvalue weighted by molar-refractivity contribution is 7.99. The van der Waals surface area contributed by atoms with Crippen molar-refractivity contribution in [1.82, 2.24) is 0 Å². The minimum absolute atomic E-state index is 0.387. The molecule has 33 heavy (non-hydrogen) atoms. The predicted molar refractivity (Wildman–Crippen MR) is 141 cm³/mol. The van der Waals surface area contributed by atoms with Crippen molar-refractivity contribution >= 4 is 11.8 Å². The van der Waals surface area contributed by atoms with Crippen LogP contribution in [-0.4, -0.2) is 44.1 Å². The van der Waals surface area contributed by atoms with Crippen molar-refractivity contribution in [2.45, 2.75) is 121 Å². The molecule has 0 spiro atoms. The largest absolute Gasteiger partial charge is 0.393 e. The molecule has 0 aromatic rings. The molecule has 0 unspecified atom stereocenters. The van der Waals surface area contributed by atoms with Crippen LogP contribution in [0.1, 0.15) is 98.3 Å². The van der Waals surface area contributed by atoms with E-state index in [2.05, 4.69) is 44.3 Å². The van der Waals surface area contributed by atoms with Gasteiger partial charge in [-0.2, -0.15) is 11.8 Å². The molecule has 0 saturated heterocycles. The minimum atomic E-state index is -0.612. The summed E-state index contributed by atoms with van der Waals surface area (Å²) < 4.78 is 0. The molecule has 3 N–H and O–H groups in total. The number of unbranched alkanes of at least 4 members (excludes halogenated alkanes) is 2. The quantitative estimate of drug-likeness (QED) is 0.329. The van der Waals surface area contributed by atoms with E-state index in [0.29, 0.717) is 29.4 Å². The Morgan fingerprint density at radius 3 is 2.67 bits per heavy atom. The highest BCUT2D eigenvalue weighted by Crippen LogP contribution is 2.59. The van der Waals surface area contributed by atoms with Gasteiger partial charge in [-0.25, -0.2) is 0 Å². The topological polar surface area (TPSA) is 60.7 Å². The van der Waals surface area contributed by atoms with E-state index in [4.69, 9.17) is 0 Å². The molecule has 0 aromatic carbocycles. The first-order valence-corrected chi connectivity index (χ1v) is 14.3. The predicted octanol–water partition coefficient (Wildman–Crippen LogP) is 6.58. The molecule has 0 heterocycles. The molecule has 3 aliphatic rings. The van der Waals surface area contributed by atoms with Gasteiger partial charge in [-0.1, -0.05) is 51.0 Å². The van der Waals surface area contributed by atoms with Gasteiger partial charge in [0.1, 0.15) is 0 Å². The third-order valence-corrected chi connectivity index (χ3v) is 10.1. The van der Waals surface area contributed by atoms with Gasteiger partial charge in [0, 0.05) is 11.7 Å². The maximum absolute atomic E-state index is 10.2. The minimum Gasteiger partial charge on any atom is -0.393 e. The zero-order valence-electron chi connectivity index (χ0n) is 21.5. The maximum Gasteiger partial charge on any atom is 0.0811 e.